The average Bonchev–Trinajstić information content (AvgIpc) is 2.96. The highest BCUT2D eigenvalue weighted by Crippen LogP contribution is 2.17. The summed E-state index contributed by atoms with van der Waals surface area (Å²) in [5.74, 6) is -1.24. The number of hydrogen-bond donors (Lipinski definition) is 1. The van der Waals surface area contributed by atoms with Crippen molar-refractivity contribution in [2.24, 2.45) is 0 Å². The Kier molecular flexibility index (Phi) is 3.81. The van der Waals surface area contributed by atoms with Gasteiger partial charge in [-0.15, -0.1) is 0 Å². The Bertz CT molecular complexity index is 725. The summed E-state index contributed by atoms with van der Waals surface area (Å²) in [6, 6.07) is 5.37. The van der Waals surface area contributed by atoms with Crippen LogP contribution in [-0.2, 0) is 16.1 Å². The van der Waals surface area contributed by atoms with Crippen molar-refractivity contribution in [2.45, 2.75) is 19.6 Å². The van der Waals surface area contributed by atoms with Crippen molar-refractivity contribution in [1.82, 2.24) is 14.5 Å². The predicted octanol–water partition coefficient (Wildman–Crippen LogP) is 0.982. The zero-order valence-corrected chi connectivity index (χ0v) is 12.2. The lowest BCUT2D eigenvalue weighted by atomic mass is 10.1. The summed E-state index contributed by atoms with van der Waals surface area (Å²) in [5, 5.41) is 9.00. The molecule has 0 aliphatic carbocycles. The van der Waals surface area contributed by atoms with Crippen LogP contribution in [-0.4, -0.2) is 57.2 Å². The van der Waals surface area contributed by atoms with E-state index in [9.17, 15) is 9.59 Å². The van der Waals surface area contributed by atoms with Gasteiger partial charge in [0, 0.05) is 18.7 Å². The summed E-state index contributed by atoms with van der Waals surface area (Å²) in [6.45, 7) is 3.53. The highest BCUT2D eigenvalue weighted by atomic mass is 16.5. The van der Waals surface area contributed by atoms with Crippen LogP contribution in [0.3, 0.4) is 0 Å². The second-order valence-corrected chi connectivity index (χ2v) is 5.18. The minimum atomic E-state index is -1.05. The molecule has 1 saturated heterocycles. The quantitative estimate of drug-likeness (QED) is 0.913. The van der Waals surface area contributed by atoms with Crippen LogP contribution in [0.15, 0.2) is 24.5 Å². The third kappa shape index (κ3) is 2.55. The van der Waals surface area contributed by atoms with Gasteiger partial charge in [0.05, 0.1) is 30.5 Å². The summed E-state index contributed by atoms with van der Waals surface area (Å²) in [5.41, 5.74) is 2.25. The first-order valence-electron chi connectivity index (χ1n) is 7.18. The molecule has 0 bridgehead atoms. The van der Waals surface area contributed by atoms with Crippen molar-refractivity contribution in [3.63, 3.8) is 0 Å². The standard InChI is InChI=1S/C15H17N3O4/c1-2-17-9-16-11-7-10(3-4-12(11)17)14(19)18-5-6-22-13(8-18)15(20)21/h3-4,7,9,13H,2,5-6,8H2,1H3,(H,20,21)/t13-/m1/s1. The second-order valence-electron chi connectivity index (χ2n) is 5.18. The summed E-state index contributed by atoms with van der Waals surface area (Å²) < 4.78 is 7.13. The van der Waals surface area contributed by atoms with Crippen LogP contribution in [0.4, 0.5) is 0 Å². The second kappa shape index (κ2) is 5.76. The number of fused-ring (bicyclic) bond motifs is 1. The molecule has 7 nitrogen and oxygen atoms in total. The average molecular weight is 303 g/mol. The van der Waals surface area contributed by atoms with Crippen molar-refractivity contribution >= 4 is 22.9 Å². The van der Waals surface area contributed by atoms with Gasteiger partial charge in [-0.3, -0.25) is 4.79 Å². The smallest absolute Gasteiger partial charge is 0.334 e. The van der Waals surface area contributed by atoms with Gasteiger partial charge in [0.1, 0.15) is 0 Å². The number of carbonyl (C=O) groups excluding carboxylic acids is 1. The molecular weight excluding hydrogens is 286 g/mol. The van der Waals surface area contributed by atoms with E-state index in [2.05, 4.69) is 4.98 Å². The Labute approximate surface area is 127 Å². The van der Waals surface area contributed by atoms with Crippen molar-refractivity contribution < 1.29 is 19.4 Å². The number of carbonyl (C=O) groups is 2. The molecule has 1 aliphatic heterocycles. The molecule has 3 rings (SSSR count). The molecule has 0 saturated carbocycles. The number of benzene rings is 1. The highest BCUT2D eigenvalue weighted by molar-refractivity contribution is 5.97. The number of amides is 1. The molecule has 2 heterocycles. The van der Waals surface area contributed by atoms with Gasteiger partial charge in [0.2, 0.25) is 0 Å². The van der Waals surface area contributed by atoms with Gasteiger partial charge in [0.15, 0.2) is 6.10 Å². The zero-order chi connectivity index (χ0) is 15.7. The van der Waals surface area contributed by atoms with Gasteiger partial charge in [-0.05, 0) is 25.1 Å². The number of aromatic nitrogens is 2. The molecule has 1 aliphatic rings. The first-order valence-corrected chi connectivity index (χ1v) is 7.18. The summed E-state index contributed by atoms with van der Waals surface area (Å²) in [7, 11) is 0. The first-order chi connectivity index (χ1) is 10.6. The van der Waals surface area contributed by atoms with E-state index in [4.69, 9.17) is 9.84 Å². The third-order valence-corrected chi connectivity index (χ3v) is 3.84. The maximum Gasteiger partial charge on any atom is 0.334 e. The Morgan fingerprint density at radius 2 is 2.27 bits per heavy atom. The number of ether oxygens (including phenoxy) is 1. The maximum absolute atomic E-state index is 12.5. The fourth-order valence-corrected chi connectivity index (χ4v) is 2.61. The third-order valence-electron chi connectivity index (χ3n) is 3.84. The van der Waals surface area contributed by atoms with Gasteiger partial charge in [-0.2, -0.15) is 0 Å². The zero-order valence-electron chi connectivity index (χ0n) is 12.2. The largest absolute Gasteiger partial charge is 0.479 e. The molecule has 116 valence electrons. The van der Waals surface area contributed by atoms with Crippen molar-refractivity contribution in [3.05, 3.63) is 30.1 Å². The molecule has 1 aromatic heterocycles. The first kappa shape index (κ1) is 14.5. The fraction of sp³-hybridized carbons (Fsp3) is 0.400. The van der Waals surface area contributed by atoms with Crippen LogP contribution >= 0.6 is 0 Å². The van der Waals surface area contributed by atoms with E-state index in [1.807, 2.05) is 17.6 Å². The number of nitrogens with zero attached hydrogens (tertiary/aromatic N) is 3. The molecule has 1 atom stereocenters. The molecule has 0 spiro atoms. The number of hydrogen-bond acceptors (Lipinski definition) is 4. The van der Waals surface area contributed by atoms with Crippen molar-refractivity contribution in [1.29, 1.82) is 0 Å². The molecule has 1 N–H and O–H groups in total. The number of morpholine rings is 1. The van der Waals surface area contributed by atoms with E-state index in [0.717, 1.165) is 17.6 Å². The van der Waals surface area contributed by atoms with E-state index in [-0.39, 0.29) is 19.1 Å². The molecule has 7 heteroatoms. The van der Waals surface area contributed by atoms with E-state index < -0.39 is 12.1 Å². The summed E-state index contributed by atoms with van der Waals surface area (Å²) in [4.78, 5) is 29.3. The lowest BCUT2D eigenvalue weighted by Gasteiger charge is -2.30. The van der Waals surface area contributed by atoms with Gasteiger partial charge < -0.3 is 19.3 Å². The molecular formula is C15H17N3O4. The molecule has 1 amide bonds. The van der Waals surface area contributed by atoms with Crippen LogP contribution in [0.25, 0.3) is 11.0 Å². The monoisotopic (exact) mass is 303 g/mol. The van der Waals surface area contributed by atoms with Crippen LogP contribution < -0.4 is 0 Å². The van der Waals surface area contributed by atoms with Crippen molar-refractivity contribution in [2.75, 3.05) is 19.7 Å². The highest BCUT2D eigenvalue weighted by Gasteiger charge is 2.29. The Morgan fingerprint density at radius 1 is 1.45 bits per heavy atom. The molecule has 1 fully saturated rings. The normalized spacial score (nSPS) is 18.6. The lowest BCUT2D eigenvalue weighted by molar-refractivity contribution is -0.154. The number of rotatable bonds is 3. The Balaban J connectivity index is 1.84. The fourth-order valence-electron chi connectivity index (χ4n) is 2.61. The maximum atomic E-state index is 12.5. The van der Waals surface area contributed by atoms with Crippen LogP contribution in [0.5, 0.6) is 0 Å². The lowest BCUT2D eigenvalue weighted by Crippen LogP contribution is -2.48. The number of aliphatic carboxylic acids is 1. The number of carboxylic acid groups (broad SMARTS) is 1. The van der Waals surface area contributed by atoms with Crippen LogP contribution in [0.1, 0.15) is 17.3 Å². The summed E-state index contributed by atoms with van der Waals surface area (Å²) >= 11 is 0. The van der Waals surface area contributed by atoms with E-state index in [1.165, 1.54) is 4.90 Å². The Hall–Kier alpha value is -2.41. The van der Waals surface area contributed by atoms with E-state index in [1.54, 1.807) is 18.5 Å². The molecule has 22 heavy (non-hydrogen) atoms. The van der Waals surface area contributed by atoms with Gasteiger partial charge in [-0.25, -0.2) is 9.78 Å². The minimum Gasteiger partial charge on any atom is -0.479 e. The van der Waals surface area contributed by atoms with Gasteiger partial charge >= 0.3 is 5.97 Å². The van der Waals surface area contributed by atoms with Gasteiger partial charge in [-0.1, -0.05) is 0 Å². The van der Waals surface area contributed by atoms with Crippen LogP contribution in [0, 0.1) is 0 Å². The number of imidazole rings is 1. The molecule has 0 unspecified atom stereocenters. The van der Waals surface area contributed by atoms with E-state index in [0.29, 0.717) is 12.1 Å². The predicted molar refractivity (Wildman–Crippen MR) is 78.7 cm³/mol. The number of aryl methyl sites for hydroxylation is 1. The SMILES string of the molecule is CCn1cnc2cc(C(=O)N3CCO[C@@H](C(=O)O)C3)ccc21. The van der Waals surface area contributed by atoms with Crippen molar-refractivity contribution in [3.8, 4) is 0 Å². The van der Waals surface area contributed by atoms with E-state index >= 15 is 0 Å². The van der Waals surface area contributed by atoms with Gasteiger partial charge in [0.25, 0.3) is 5.91 Å². The molecule has 2 aromatic rings. The van der Waals surface area contributed by atoms with Crippen LogP contribution in [0.2, 0.25) is 0 Å². The number of carboxylic acids is 1. The summed E-state index contributed by atoms with van der Waals surface area (Å²) in [6.07, 6.45) is 0.787. The molecule has 0 radical (unpaired) electrons. The minimum absolute atomic E-state index is 0.0651. The topological polar surface area (TPSA) is 84.7 Å². The Morgan fingerprint density at radius 3 is 3.00 bits per heavy atom. The molecule has 1 aromatic carbocycles.